The molecule has 54 heavy (non-hydrogen) atoms. The van der Waals surface area contributed by atoms with Crippen LogP contribution in [0.4, 0.5) is 17.1 Å². The van der Waals surface area contributed by atoms with Crippen molar-refractivity contribution in [1.82, 2.24) is 0 Å². The van der Waals surface area contributed by atoms with Gasteiger partial charge in [-0.25, -0.2) is 0 Å². The van der Waals surface area contributed by atoms with E-state index in [0.29, 0.717) is 0 Å². The van der Waals surface area contributed by atoms with Gasteiger partial charge in [-0.2, -0.15) is 0 Å². The van der Waals surface area contributed by atoms with Crippen molar-refractivity contribution in [3.05, 3.63) is 211 Å². The van der Waals surface area contributed by atoms with Gasteiger partial charge in [-0.3, -0.25) is 0 Å². The van der Waals surface area contributed by atoms with Gasteiger partial charge in [0.25, 0.3) is 0 Å². The van der Waals surface area contributed by atoms with Crippen LogP contribution in [0.2, 0.25) is 0 Å². The maximum Gasteiger partial charge on any atom is 0.0540 e. The molecule has 256 valence electrons. The van der Waals surface area contributed by atoms with Crippen LogP contribution in [0.15, 0.2) is 200 Å². The van der Waals surface area contributed by atoms with Crippen LogP contribution < -0.4 is 4.90 Å². The van der Waals surface area contributed by atoms with E-state index in [-0.39, 0.29) is 5.41 Å². The molecule has 9 aromatic carbocycles. The van der Waals surface area contributed by atoms with Gasteiger partial charge in [0.15, 0.2) is 0 Å². The highest BCUT2D eigenvalue weighted by molar-refractivity contribution is 6.02. The third-order valence-electron chi connectivity index (χ3n) is 11.5. The molecule has 0 atom stereocenters. The molecule has 1 nitrogen and oxygen atoms in total. The molecule has 0 aliphatic heterocycles. The van der Waals surface area contributed by atoms with Gasteiger partial charge in [0, 0.05) is 22.1 Å². The number of anilines is 3. The van der Waals surface area contributed by atoms with Crippen molar-refractivity contribution < 1.29 is 0 Å². The summed E-state index contributed by atoms with van der Waals surface area (Å²) >= 11 is 0. The highest BCUT2D eigenvalue weighted by atomic mass is 15.1. The Bertz CT molecular complexity index is 2850. The van der Waals surface area contributed by atoms with E-state index in [1.165, 1.54) is 77.2 Å². The highest BCUT2D eigenvalue weighted by Crippen LogP contribution is 2.50. The van der Waals surface area contributed by atoms with Gasteiger partial charge in [-0.1, -0.05) is 178 Å². The van der Waals surface area contributed by atoms with E-state index < -0.39 is 0 Å². The number of rotatable bonds is 6. The van der Waals surface area contributed by atoms with Crippen LogP contribution in [0, 0.1) is 0 Å². The van der Waals surface area contributed by atoms with Gasteiger partial charge in [0.2, 0.25) is 0 Å². The van der Waals surface area contributed by atoms with Crippen LogP contribution in [-0.2, 0) is 5.41 Å². The minimum absolute atomic E-state index is 0.0400. The highest BCUT2D eigenvalue weighted by Gasteiger charge is 2.35. The van der Waals surface area contributed by atoms with Crippen LogP contribution in [0.1, 0.15) is 25.0 Å². The monoisotopic (exact) mass is 689 g/mol. The molecule has 1 aliphatic rings. The molecule has 0 saturated heterocycles. The lowest BCUT2D eigenvalue weighted by Gasteiger charge is -2.29. The zero-order chi connectivity index (χ0) is 36.2. The summed E-state index contributed by atoms with van der Waals surface area (Å²) in [5, 5.41) is 4.94. The van der Waals surface area contributed by atoms with E-state index in [2.05, 4.69) is 219 Å². The van der Waals surface area contributed by atoms with E-state index in [1.807, 2.05) is 0 Å². The summed E-state index contributed by atoms with van der Waals surface area (Å²) in [6.07, 6.45) is 0. The Morgan fingerprint density at radius 3 is 1.69 bits per heavy atom. The number of fused-ring (bicyclic) bond motifs is 5. The van der Waals surface area contributed by atoms with Crippen molar-refractivity contribution in [2.45, 2.75) is 19.3 Å². The van der Waals surface area contributed by atoms with Gasteiger partial charge in [-0.15, -0.1) is 0 Å². The minimum atomic E-state index is -0.0400. The maximum absolute atomic E-state index is 2.44. The zero-order valence-electron chi connectivity index (χ0n) is 30.5. The summed E-state index contributed by atoms with van der Waals surface area (Å²) in [4.78, 5) is 2.44. The van der Waals surface area contributed by atoms with Crippen molar-refractivity contribution >= 4 is 38.6 Å². The third-order valence-corrected chi connectivity index (χ3v) is 11.5. The van der Waals surface area contributed by atoms with Gasteiger partial charge in [0.05, 0.1) is 11.4 Å². The molecule has 0 saturated carbocycles. The second kappa shape index (κ2) is 12.8. The molecular formula is C53H39N. The van der Waals surface area contributed by atoms with E-state index in [1.54, 1.807) is 0 Å². The van der Waals surface area contributed by atoms with Crippen molar-refractivity contribution in [3.8, 4) is 44.5 Å². The number of para-hydroxylation sites is 1. The molecule has 0 N–H and O–H groups in total. The summed E-state index contributed by atoms with van der Waals surface area (Å²) in [5.74, 6) is 0. The summed E-state index contributed by atoms with van der Waals surface area (Å²) in [5.41, 5.74) is 16.1. The first-order valence-electron chi connectivity index (χ1n) is 18.8. The molecule has 0 heterocycles. The van der Waals surface area contributed by atoms with Gasteiger partial charge >= 0.3 is 0 Å². The average molecular weight is 690 g/mol. The quantitative estimate of drug-likeness (QED) is 0.168. The second-order valence-corrected chi connectivity index (χ2v) is 14.9. The first-order valence-corrected chi connectivity index (χ1v) is 18.8. The summed E-state index contributed by atoms with van der Waals surface area (Å²) in [6, 6.07) is 73.4. The lowest BCUT2D eigenvalue weighted by Crippen LogP contribution is -2.14. The topological polar surface area (TPSA) is 3.24 Å². The average Bonchev–Trinajstić information content (AvgIpc) is 3.46. The molecule has 0 amide bonds. The normalized spacial score (nSPS) is 12.8. The Labute approximate surface area is 317 Å². The first-order chi connectivity index (χ1) is 26.5. The minimum Gasteiger partial charge on any atom is -0.309 e. The first kappa shape index (κ1) is 32.0. The number of benzene rings is 9. The van der Waals surface area contributed by atoms with Crippen molar-refractivity contribution in [2.24, 2.45) is 0 Å². The van der Waals surface area contributed by atoms with Gasteiger partial charge in [0.1, 0.15) is 0 Å². The molecular weight excluding hydrogens is 651 g/mol. The Morgan fingerprint density at radius 2 is 0.870 bits per heavy atom. The summed E-state index contributed by atoms with van der Waals surface area (Å²) in [7, 11) is 0. The fourth-order valence-corrected chi connectivity index (χ4v) is 8.74. The Hall–Kier alpha value is -6.70. The lowest BCUT2D eigenvalue weighted by atomic mass is 9.81. The molecule has 0 spiro atoms. The van der Waals surface area contributed by atoms with Crippen LogP contribution >= 0.6 is 0 Å². The van der Waals surface area contributed by atoms with Crippen molar-refractivity contribution in [1.29, 1.82) is 0 Å². The fraction of sp³-hybridized carbons (Fsp3) is 0.0566. The molecule has 1 aliphatic carbocycles. The van der Waals surface area contributed by atoms with Gasteiger partial charge < -0.3 is 4.90 Å². The van der Waals surface area contributed by atoms with Crippen LogP contribution in [0.3, 0.4) is 0 Å². The maximum atomic E-state index is 2.44. The molecule has 1 heteroatoms. The standard InChI is InChI=1S/C53H39N/c1-53(2)49-25-9-7-23-47(49)48-33-30-39(35-50(48)53)36-28-31-42(32-29-36)54(52-27-13-17-38-15-4-6-21-45(38)52)51-26-10-8-22-46(51)41-19-11-18-40(34-41)44-24-12-16-37-14-3-5-20-43(37)44/h3-35H,1-2H3. The predicted octanol–water partition coefficient (Wildman–Crippen LogP) is 14.8. The number of hydrogen-bond donors (Lipinski definition) is 0. The Kier molecular flexibility index (Phi) is 7.56. The predicted molar refractivity (Wildman–Crippen MR) is 230 cm³/mol. The van der Waals surface area contributed by atoms with Crippen molar-refractivity contribution in [2.75, 3.05) is 4.90 Å². The molecule has 0 unspecified atom stereocenters. The molecule has 10 rings (SSSR count). The molecule has 0 fully saturated rings. The Morgan fingerprint density at radius 1 is 0.333 bits per heavy atom. The van der Waals surface area contributed by atoms with E-state index in [4.69, 9.17) is 0 Å². The molecule has 9 aromatic rings. The summed E-state index contributed by atoms with van der Waals surface area (Å²) in [6.45, 7) is 4.70. The number of nitrogens with zero attached hydrogens (tertiary/aromatic N) is 1. The van der Waals surface area contributed by atoms with Gasteiger partial charge in [-0.05, 0) is 103 Å². The zero-order valence-corrected chi connectivity index (χ0v) is 30.5. The molecule has 0 radical (unpaired) electrons. The van der Waals surface area contributed by atoms with Crippen molar-refractivity contribution in [3.63, 3.8) is 0 Å². The summed E-state index contributed by atoms with van der Waals surface area (Å²) < 4.78 is 0. The third kappa shape index (κ3) is 5.24. The smallest absolute Gasteiger partial charge is 0.0540 e. The van der Waals surface area contributed by atoms with E-state index in [9.17, 15) is 0 Å². The lowest BCUT2D eigenvalue weighted by molar-refractivity contribution is 0.660. The van der Waals surface area contributed by atoms with Crippen LogP contribution in [0.5, 0.6) is 0 Å². The molecule has 0 aromatic heterocycles. The second-order valence-electron chi connectivity index (χ2n) is 14.9. The fourth-order valence-electron chi connectivity index (χ4n) is 8.74. The van der Waals surface area contributed by atoms with E-state index >= 15 is 0 Å². The SMILES string of the molecule is CC1(C)c2ccccc2-c2ccc(-c3ccc(N(c4ccccc4-c4cccc(-c5cccc6ccccc56)c4)c4cccc5ccccc45)cc3)cc21. The van der Waals surface area contributed by atoms with E-state index in [0.717, 1.165) is 17.1 Å². The Balaban J connectivity index is 1.10. The largest absolute Gasteiger partial charge is 0.309 e. The molecule has 0 bridgehead atoms. The van der Waals surface area contributed by atoms with Crippen LogP contribution in [-0.4, -0.2) is 0 Å². The number of hydrogen-bond acceptors (Lipinski definition) is 1. The van der Waals surface area contributed by atoms with Crippen LogP contribution in [0.25, 0.3) is 66.1 Å².